The molecular weight excluding hydrogens is 815 g/mol. The summed E-state index contributed by atoms with van der Waals surface area (Å²) >= 11 is 2.69. The fraction of sp³-hybridized carbons (Fsp3) is 0.125. The van der Waals surface area contributed by atoms with E-state index in [1.807, 2.05) is 66.7 Å². The number of ketones is 2. The van der Waals surface area contributed by atoms with Crippen LogP contribution in [0.15, 0.2) is 154 Å². The van der Waals surface area contributed by atoms with E-state index < -0.39 is 23.5 Å². The van der Waals surface area contributed by atoms with E-state index in [0.29, 0.717) is 73.0 Å². The highest BCUT2D eigenvalue weighted by atomic mass is 32.2. The van der Waals surface area contributed by atoms with Gasteiger partial charge in [-0.2, -0.15) is 26.3 Å². The molecular formula is C48H32F6N2O2S2. The van der Waals surface area contributed by atoms with Gasteiger partial charge in [0.1, 0.15) is 0 Å². The number of aryl methyl sites for hydroxylation is 1. The van der Waals surface area contributed by atoms with E-state index in [-0.39, 0.29) is 39.1 Å². The molecule has 0 saturated heterocycles. The van der Waals surface area contributed by atoms with Crippen molar-refractivity contribution >= 4 is 68.6 Å². The first-order valence-corrected chi connectivity index (χ1v) is 20.7. The van der Waals surface area contributed by atoms with E-state index in [0.717, 1.165) is 23.8 Å². The Bertz CT molecular complexity index is 2830. The molecule has 2 aliphatic rings. The lowest BCUT2D eigenvalue weighted by atomic mass is 9.82. The van der Waals surface area contributed by atoms with Crippen LogP contribution < -0.4 is 10.6 Å². The molecule has 2 N–H and O–H groups in total. The number of carbonyl (C=O) groups excluding carboxylic acids is 2. The monoisotopic (exact) mass is 846 g/mol. The Labute approximate surface area is 349 Å². The average Bonchev–Trinajstić information content (AvgIpc) is 3.23. The molecule has 0 saturated carbocycles. The molecule has 1 unspecified atom stereocenters. The van der Waals surface area contributed by atoms with Gasteiger partial charge < -0.3 is 10.6 Å². The highest BCUT2D eigenvalue weighted by molar-refractivity contribution is 8.00. The van der Waals surface area contributed by atoms with Crippen LogP contribution in [0.25, 0.3) is 10.8 Å². The Morgan fingerprint density at radius 2 is 1.05 bits per heavy atom. The van der Waals surface area contributed by atoms with E-state index in [1.54, 1.807) is 36.4 Å². The van der Waals surface area contributed by atoms with Crippen molar-refractivity contribution in [1.82, 2.24) is 0 Å². The lowest BCUT2D eigenvalue weighted by molar-refractivity contribution is -0.138. The molecule has 2 aliphatic carbocycles. The summed E-state index contributed by atoms with van der Waals surface area (Å²) < 4.78 is 80.9. The fourth-order valence-corrected chi connectivity index (χ4v) is 10.2. The standard InChI is InChI=1S/C48H32F6N2O2S2/c49-47(50,51)31-15-11-29-25-35(17-13-27(29)23-31)59-39-21-19-37(55-33-7-3-1-4-8-33)41-43(39)46(58)42-38(56-34-9-5-2-6-10-34)20-22-40(44(42)45(41)57)60-36-18-14-28-24-32(48(52,53)54)16-12-30(28)26-36/h1-13,15-17,19-25,36,55-56H,14,18,26H2. The Balaban J connectivity index is 1.15. The molecule has 0 radical (unpaired) electrons. The molecule has 0 aliphatic heterocycles. The van der Waals surface area contributed by atoms with Crippen LogP contribution in [-0.2, 0) is 25.2 Å². The maximum absolute atomic E-state index is 15.3. The number of hydrogen-bond acceptors (Lipinski definition) is 6. The van der Waals surface area contributed by atoms with Crippen LogP contribution >= 0.6 is 23.5 Å². The van der Waals surface area contributed by atoms with E-state index in [2.05, 4.69) is 10.6 Å². The quantitative estimate of drug-likeness (QED) is 0.149. The molecule has 7 aromatic rings. The minimum atomic E-state index is -4.49. The zero-order valence-electron chi connectivity index (χ0n) is 31.4. The Hall–Kier alpha value is -5.98. The molecule has 1 atom stereocenters. The summed E-state index contributed by atoms with van der Waals surface area (Å²) in [6.45, 7) is 0. The number of hydrogen-bond donors (Lipinski definition) is 2. The molecule has 0 aromatic heterocycles. The largest absolute Gasteiger partial charge is 0.416 e. The van der Waals surface area contributed by atoms with Crippen molar-refractivity contribution < 1.29 is 35.9 Å². The van der Waals surface area contributed by atoms with Crippen molar-refractivity contribution in [2.24, 2.45) is 0 Å². The van der Waals surface area contributed by atoms with Gasteiger partial charge in [-0.05, 0) is 126 Å². The SMILES string of the molecule is O=C1c2c(Nc3ccccc3)ccc(SC3CCc4cc(C(F)(F)F)ccc4C3)c2C(=O)c2c(Nc3ccccc3)ccc(Sc3ccc4cc(C(F)(F)F)ccc4c3)c21. The molecule has 4 nitrogen and oxygen atoms in total. The summed E-state index contributed by atoms with van der Waals surface area (Å²) in [5.74, 6) is -0.757. The van der Waals surface area contributed by atoms with Gasteiger partial charge in [-0.3, -0.25) is 9.59 Å². The first-order chi connectivity index (χ1) is 28.8. The summed E-state index contributed by atoms with van der Waals surface area (Å²) in [6, 6.07) is 38.1. The molecule has 12 heteroatoms. The molecule has 7 aromatic carbocycles. The normalized spacial score (nSPS) is 15.0. The molecule has 0 fully saturated rings. The van der Waals surface area contributed by atoms with Gasteiger partial charge in [0.2, 0.25) is 0 Å². The zero-order chi connectivity index (χ0) is 41.8. The van der Waals surface area contributed by atoms with Gasteiger partial charge in [0, 0.05) is 42.4 Å². The third-order valence-electron chi connectivity index (χ3n) is 10.7. The number of anilines is 4. The number of halogens is 6. The van der Waals surface area contributed by atoms with Crippen LogP contribution in [0.4, 0.5) is 49.1 Å². The lowest BCUT2D eigenvalue weighted by Crippen LogP contribution is -2.26. The third-order valence-corrected chi connectivity index (χ3v) is 13.1. The Kier molecular flexibility index (Phi) is 10.2. The maximum Gasteiger partial charge on any atom is 0.416 e. The van der Waals surface area contributed by atoms with Crippen molar-refractivity contribution in [3.8, 4) is 0 Å². The topological polar surface area (TPSA) is 58.2 Å². The maximum atomic E-state index is 15.3. The number of rotatable bonds is 8. The molecule has 60 heavy (non-hydrogen) atoms. The van der Waals surface area contributed by atoms with Gasteiger partial charge in [-0.25, -0.2) is 0 Å². The van der Waals surface area contributed by atoms with Crippen molar-refractivity contribution in [2.45, 2.75) is 51.6 Å². The van der Waals surface area contributed by atoms with Gasteiger partial charge in [-0.15, -0.1) is 11.8 Å². The number of carbonyl (C=O) groups is 2. The summed E-state index contributed by atoms with van der Waals surface area (Å²) in [4.78, 5) is 32.4. The lowest BCUT2D eigenvalue weighted by Gasteiger charge is -2.29. The number of para-hydroxylation sites is 2. The van der Waals surface area contributed by atoms with Gasteiger partial charge in [-0.1, -0.05) is 66.4 Å². The van der Waals surface area contributed by atoms with Crippen LogP contribution in [0.1, 0.15) is 60.5 Å². The van der Waals surface area contributed by atoms with Gasteiger partial charge in [0.15, 0.2) is 11.6 Å². The first-order valence-electron chi connectivity index (χ1n) is 19.0. The molecule has 0 amide bonds. The highest BCUT2D eigenvalue weighted by Gasteiger charge is 2.39. The average molecular weight is 847 g/mol. The second-order valence-electron chi connectivity index (χ2n) is 14.7. The highest BCUT2D eigenvalue weighted by Crippen LogP contribution is 2.47. The number of thioether (sulfide) groups is 1. The summed E-state index contributed by atoms with van der Waals surface area (Å²) in [7, 11) is 0. The third kappa shape index (κ3) is 7.77. The van der Waals surface area contributed by atoms with Crippen LogP contribution in [-0.4, -0.2) is 16.8 Å². The van der Waals surface area contributed by atoms with Crippen molar-refractivity contribution in [2.75, 3.05) is 10.6 Å². The van der Waals surface area contributed by atoms with Crippen molar-refractivity contribution in [1.29, 1.82) is 0 Å². The van der Waals surface area contributed by atoms with Crippen LogP contribution in [0.3, 0.4) is 0 Å². The van der Waals surface area contributed by atoms with E-state index in [9.17, 15) is 26.3 Å². The second kappa shape index (κ2) is 15.6. The number of benzene rings is 7. The molecule has 0 bridgehead atoms. The smallest absolute Gasteiger partial charge is 0.355 e. The van der Waals surface area contributed by atoms with Crippen molar-refractivity contribution in [3.63, 3.8) is 0 Å². The minimum Gasteiger partial charge on any atom is -0.355 e. The summed E-state index contributed by atoms with van der Waals surface area (Å²) in [5.41, 5.74) is 3.11. The van der Waals surface area contributed by atoms with Crippen LogP contribution in [0, 0.1) is 0 Å². The van der Waals surface area contributed by atoms with E-state index in [1.165, 1.54) is 41.7 Å². The van der Waals surface area contributed by atoms with Crippen LogP contribution in [0.5, 0.6) is 0 Å². The number of fused-ring (bicyclic) bond motifs is 4. The predicted octanol–water partition coefficient (Wildman–Crippen LogP) is 13.9. The molecule has 9 rings (SSSR count). The predicted molar refractivity (Wildman–Crippen MR) is 225 cm³/mol. The van der Waals surface area contributed by atoms with E-state index in [4.69, 9.17) is 0 Å². The molecule has 0 heterocycles. The number of nitrogens with one attached hydrogen (secondary N) is 2. The minimum absolute atomic E-state index is 0.0838. The first kappa shape index (κ1) is 39.5. The molecule has 0 spiro atoms. The van der Waals surface area contributed by atoms with Gasteiger partial charge >= 0.3 is 12.4 Å². The Morgan fingerprint density at radius 1 is 0.517 bits per heavy atom. The summed E-state index contributed by atoms with van der Waals surface area (Å²) in [6.07, 6.45) is -7.43. The number of alkyl halides is 6. The molecule has 300 valence electrons. The van der Waals surface area contributed by atoms with Gasteiger partial charge in [0.25, 0.3) is 0 Å². The van der Waals surface area contributed by atoms with Gasteiger partial charge in [0.05, 0.1) is 33.6 Å². The van der Waals surface area contributed by atoms with Crippen molar-refractivity contribution in [3.05, 3.63) is 184 Å². The van der Waals surface area contributed by atoms with Crippen LogP contribution in [0.2, 0.25) is 0 Å². The van der Waals surface area contributed by atoms with E-state index >= 15 is 9.59 Å². The fourth-order valence-electron chi connectivity index (χ4n) is 7.85. The summed E-state index contributed by atoms with van der Waals surface area (Å²) in [5, 5.41) is 7.62. The zero-order valence-corrected chi connectivity index (χ0v) is 33.0. The Morgan fingerprint density at radius 3 is 1.67 bits per heavy atom. The second-order valence-corrected chi connectivity index (χ2v) is 17.1.